The van der Waals surface area contributed by atoms with E-state index in [4.69, 9.17) is 37.0 Å². The summed E-state index contributed by atoms with van der Waals surface area (Å²) in [6.07, 6.45) is 37.8. The van der Waals surface area contributed by atoms with Crippen LogP contribution >= 0.6 is 15.6 Å². The minimum atomic E-state index is -4.95. The molecule has 0 saturated heterocycles. The molecule has 0 saturated carbocycles. The monoisotopic (exact) mass is 1270 g/mol. The quantitative estimate of drug-likeness (QED) is 0.0222. The van der Waals surface area contributed by atoms with Gasteiger partial charge in [-0.1, -0.05) is 274 Å². The molecule has 17 nitrogen and oxygen atoms in total. The van der Waals surface area contributed by atoms with Crippen LogP contribution in [0.3, 0.4) is 0 Å². The molecule has 0 amide bonds. The summed E-state index contributed by atoms with van der Waals surface area (Å²) in [7, 11) is -9.90. The smallest absolute Gasteiger partial charge is 0.462 e. The number of hydrogen-bond acceptors (Lipinski definition) is 15. The Labute approximate surface area is 524 Å². The summed E-state index contributed by atoms with van der Waals surface area (Å²) in [5.74, 6) is 0.768. The molecule has 0 aliphatic rings. The molecule has 5 atom stereocenters. The van der Waals surface area contributed by atoms with E-state index < -0.39 is 97.5 Å². The number of aliphatic hydroxyl groups excluding tert-OH is 1. The van der Waals surface area contributed by atoms with Crippen molar-refractivity contribution in [2.24, 2.45) is 23.7 Å². The highest BCUT2D eigenvalue weighted by Crippen LogP contribution is 2.45. The van der Waals surface area contributed by atoms with E-state index in [1.165, 1.54) is 128 Å². The zero-order valence-corrected chi connectivity index (χ0v) is 57.7. The third-order valence-electron chi connectivity index (χ3n) is 15.3. The predicted octanol–water partition coefficient (Wildman–Crippen LogP) is 18.5. The van der Waals surface area contributed by atoms with Gasteiger partial charge in [0.15, 0.2) is 12.2 Å². The van der Waals surface area contributed by atoms with Crippen molar-refractivity contribution >= 4 is 39.5 Å². The Morgan fingerprint density at radius 2 is 0.488 bits per heavy atom. The second kappa shape index (κ2) is 57.0. The number of phosphoric acid groups is 2. The number of rotatable bonds is 64. The van der Waals surface area contributed by atoms with Gasteiger partial charge in [0.05, 0.1) is 26.4 Å². The van der Waals surface area contributed by atoms with E-state index in [1.807, 2.05) is 0 Å². The molecule has 0 aliphatic carbocycles. The lowest BCUT2D eigenvalue weighted by atomic mass is 10.0. The van der Waals surface area contributed by atoms with Crippen LogP contribution in [0.4, 0.5) is 0 Å². The van der Waals surface area contributed by atoms with Gasteiger partial charge in [0.1, 0.15) is 19.3 Å². The van der Waals surface area contributed by atoms with Crippen LogP contribution in [0, 0.1) is 23.7 Å². The van der Waals surface area contributed by atoms with Crippen LogP contribution < -0.4 is 0 Å². The fourth-order valence-corrected chi connectivity index (χ4v) is 11.5. The van der Waals surface area contributed by atoms with E-state index >= 15 is 0 Å². The third-order valence-corrected chi connectivity index (χ3v) is 17.2. The van der Waals surface area contributed by atoms with E-state index in [-0.39, 0.29) is 25.7 Å². The van der Waals surface area contributed by atoms with E-state index in [2.05, 4.69) is 55.4 Å². The van der Waals surface area contributed by atoms with Gasteiger partial charge in [-0.25, -0.2) is 9.13 Å². The van der Waals surface area contributed by atoms with Crippen molar-refractivity contribution in [2.75, 3.05) is 39.6 Å². The lowest BCUT2D eigenvalue weighted by Crippen LogP contribution is -2.30. The number of hydrogen-bond donors (Lipinski definition) is 3. The van der Waals surface area contributed by atoms with Crippen molar-refractivity contribution in [3.05, 3.63) is 0 Å². The maximum atomic E-state index is 13.0. The van der Waals surface area contributed by atoms with Crippen LogP contribution in [0.5, 0.6) is 0 Å². The van der Waals surface area contributed by atoms with E-state index in [1.54, 1.807) is 0 Å². The fraction of sp³-hybridized carbons (Fsp3) is 0.940. The number of esters is 4. The first-order chi connectivity index (χ1) is 41.1. The molecule has 0 aromatic heterocycles. The summed E-state index contributed by atoms with van der Waals surface area (Å²) < 4.78 is 68.1. The predicted molar refractivity (Wildman–Crippen MR) is 344 cm³/mol. The highest BCUT2D eigenvalue weighted by Gasteiger charge is 2.30. The Balaban J connectivity index is 5.24. The summed E-state index contributed by atoms with van der Waals surface area (Å²) in [4.78, 5) is 72.3. The highest BCUT2D eigenvalue weighted by molar-refractivity contribution is 7.47. The lowest BCUT2D eigenvalue weighted by molar-refractivity contribution is -0.161. The van der Waals surface area contributed by atoms with Gasteiger partial charge in [0.25, 0.3) is 0 Å². The molecule has 0 spiro atoms. The number of ether oxygens (including phenoxy) is 4. The molecular formula is C67H130O17P2. The fourth-order valence-electron chi connectivity index (χ4n) is 9.96. The number of carbonyl (C=O) groups is 4. The third kappa shape index (κ3) is 60.9. The molecule has 19 heteroatoms. The van der Waals surface area contributed by atoms with Crippen LogP contribution in [0.1, 0.15) is 325 Å². The van der Waals surface area contributed by atoms with Gasteiger partial charge in [-0.2, -0.15) is 0 Å². The molecular weight excluding hydrogens is 1140 g/mol. The molecule has 3 N–H and O–H groups in total. The maximum Gasteiger partial charge on any atom is 0.472 e. The van der Waals surface area contributed by atoms with Gasteiger partial charge in [-0.15, -0.1) is 0 Å². The van der Waals surface area contributed by atoms with Crippen LogP contribution in [0.15, 0.2) is 0 Å². The molecule has 86 heavy (non-hydrogen) atoms. The Bertz CT molecular complexity index is 1710. The molecule has 0 heterocycles. The average molecular weight is 1270 g/mol. The van der Waals surface area contributed by atoms with E-state index in [9.17, 15) is 43.2 Å². The summed E-state index contributed by atoms with van der Waals surface area (Å²) >= 11 is 0. The SMILES string of the molecule is CC(C)CCCCCCCCCCCCC(=O)OC[C@H](COP(=O)(O)OCC(O)COP(=O)(O)OC[C@@H](COC(=O)CCCCCCCCCCC(C)C)OC(=O)CCCCCCCCCCCCC(C)C)OC(=O)CCCCCCCCC(C)C. The van der Waals surface area contributed by atoms with Gasteiger partial charge >= 0.3 is 39.5 Å². The van der Waals surface area contributed by atoms with E-state index in [0.717, 1.165) is 108 Å². The second-order valence-corrected chi connectivity index (χ2v) is 29.0. The Morgan fingerprint density at radius 3 is 0.721 bits per heavy atom. The Morgan fingerprint density at radius 1 is 0.291 bits per heavy atom. The van der Waals surface area contributed by atoms with Crippen molar-refractivity contribution < 1.29 is 80.2 Å². The first kappa shape index (κ1) is 84.1. The van der Waals surface area contributed by atoms with Gasteiger partial charge < -0.3 is 33.8 Å². The number of phosphoric ester groups is 2. The molecule has 0 fully saturated rings. The molecule has 0 bridgehead atoms. The minimum absolute atomic E-state index is 0.101. The van der Waals surface area contributed by atoms with Gasteiger partial charge in [-0.3, -0.25) is 37.3 Å². The van der Waals surface area contributed by atoms with Gasteiger partial charge in [0.2, 0.25) is 0 Å². The second-order valence-electron chi connectivity index (χ2n) is 26.1. The zero-order chi connectivity index (χ0) is 63.9. The largest absolute Gasteiger partial charge is 0.472 e. The van der Waals surface area contributed by atoms with Crippen LogP contribution in [0.25, 0.3) is 0 Å². The minimum Gasteiger partial charge on any atom is -0.462 e. The number of carbonyl (C=O) groups excluding carboxylic acids is 4. The van der Waals surface area contributed by atoms with E-state index in [0.29, 0.717) is 31.6 Å². The molecule has 0 aliphatic heterocycles. The van der Waals surface area contributed by atoms with Crippen molar-refractivity contribution in [1.82, 2.24) is 0 Å². The summed E-state index contributed by atoms with van der Waals surface area (Å²) in [5.41, 5.74) is 0. The lowest BCUT2D eigenvalue weighted by Gasteiger charge is -2.21. The number of unbranched alkanes of at least 4 members (excludes halogenated alkanes) is 30. The molecule has 0 aromatic rings. The molecule has 0 aromatic carbocycles. The highest BCUT2D eigenvalue weighted by atomic mass is 31.2. The first-order valence-corrected chi connectivity index (χ1v) is 37.7. The summed E-state index contributed by atoms with van der Waals surface area (Å²) in [5, 5.41) is 10.6. The van der Waals surface area contributed by atoms with Gasteiger partial charge in [0, 0.05) is 25.7 Å². The Hall–Kier alpha value is -1.94. The van der Waals surface area contributed by atoms with Crippen LogP contribution in [-0.4, -0.2) is 96.7 Å². The zero-order valence-electron chi connectivity index (χ0n) is 55.9. The van der Waals surface area contributed by atoms with Crippen LogP contribution in [-0.2, 0) is 65.4 Å². The van der Waals surface area contributed by atoms with Crippen molar-refractivity contribution in [1.29, 1.82) is 0 Å². The molecule has 510 valence electrons. The Kier molecular flexibility index (Phi) is 55.7. The summed E-state index contributed by atoms with van der Waals surface area (Å²) in [6.45, 7) is 14.0. The van der Waals surface area contributed by atoms with Gasteiger partial charge in [-0.05, 0) is 49.4 Å². The summed E-state index contributed by atoms with van der Waals surface area (Å²) in [6, 6.07) is 0. The average Bonchev–Trinajstić information content (AvgIpc) is 3.61. The van der Waals surface area contributed by atoms with Crippen LogP contribution in [0.2, 0.25) is 0 Å². The number of aliphatic hydroxyl groups is 1. The topological polar surface area (TPSA) is 237 Å². The molecule has 0 rings (SSSR count). The molecule has 0 radical (unpaired) electrons. The van der Waals surface area contributed by atoms with Crippen molar-refractivity contribution in [3.8, 4) is 0 Å². The van der Waals surface area contributed by atoms with Crippen molar-refractivity contribution in [2.45, 2.75) is 343 Å². The van der Waals surface area contributed by atoms with Crippen molar-refractivity contribution in [3.63, 3.8) is 0 Å². The first-order valence-electron chi connectivity index (χ1n) is 34.7. The normalized spacial score (nSPS) is 14.4. The molecule has 3 unspecified atom stereocenters. The maximum absolute atomic E-state index is 13.0. The standard InChI is InChI=1S/C67H130O17P2/c1-57(2)43-35-27-19-13-9-11-15-22-31-39-47-64(69)77-54-63(84-67(72)50-42-34-26-25-30-38-46-60(7)8)56-82-86(75,76)80-52-61(68)51-79-85(73,74)81-55-62(53-78-65(70)48-40-32-23-18-17-21-29-37-45-59(5)6)83-66(71)49-41-33-24-16-12-10-14-20-28-36-44-58(3)4/h57-63,68H,9-56H2,1-8H3,(H,73,74)(H,75,76)/t61?,62-,63-/m1/s1.